The SMILES string of the molecule is O=CC(O)C(O)C(O)C(O)C(=O)OCCCCl. The number of hydrogen-bond donors (Lipinski definition) is 4. The average Bonchev–Trinajstić information content (AvgIpc) is 2.35. The van der Waals surface area contributed by atoms with Gasteiger partial charge in [0.1, 0.15) is 18.3 Å². The van der Waals surface area contributed by atoms with Crippen molar-refractivity contribution in [3.63, 3.8) is 0 Å². The van der Waals surface area contributed by atoms with Gasteiger partial charge in [-0.25, -0.2) is 4.79 Å². The van der Waals surface area contributed by atoms with Crippen LogP contribution in [0.3, 0.4) is 0 Å². The van der Waals surface area contributed by atoms with Crippen molar-refractivity contribution in [2.24, 2.45) is 0 Å². The summed E-state index contributed by atoms with van der Waals surface area (Å²) < 4.78 is 4.51. The Bertz CT molecular complexity index is 247. The highest BCUT2D eigenvalue weighted by molar-refractivity contribution is 6.17. The molecule has 4 N–H and O–H groups in total. The van der Waals surface area contributed by atoms with Crippen LogP contribution in [0.25, 0.3) is 0 Å². The van der Waals surface area contributed by atoms with Crippen LogP contribution in [-0.2, 0) is 14.3 Å². The zero-order valence-electron chi connectivity index (χ0n) is 8.90. The Morgan fingerprint density at radius 3 is 2.29 bits per heavy atom. The van der Waals surface area contributed by atoms with Gasteiger partial charge in [0, 0.05) is 5.88 Å². The van der Waals surface area contributed by atoms with Gasteiger partial charge in [-0.05, 0) is 6.42 Å². The summed E-state index contributed by atoms with van der Waals surface area (Å²) in [6, 6.07) is 0. The molecular formula is C9H15ClO7. The second-order valence-corrected chi connectivity index (χ2v) is 3.64. The number of aliphatic hydroxyl groups is 4. The van der Waals surface area contributed by atoms with Crippen molar-refractivity contribution in [3.8, 4) is 0 Å². The zero-order chi connectivity index (χ0) is 13.4. The van der Waals surface area contributed by atoms with Crippen LogP contribution >= 0.6 is 11.6 Å². The molecule has 0 saturated heterocycles. The minimum atomic E-state index is -2.05. The van der Waals surface area contributed by atoms with E-state index in [-0.39, 0.29) is 18.8 Å². The molecule has 0 aromatic heterocycles. The minimum Gasteiger partial charge on any atom is -0.464 e. The lowest BCUT2D eigenvalue weighted by atomic mass is 10.0. The maximum atomic E-state index is 11.1. The van der Waals surface area contributed by atoms with E-state index in [1.54, 1.807) is 0 Å². The Morgan fingerprint density at radius 1 is 1.24 bits per heavy atom. The van der Waals surface area contributed by atoms with Gasteiger partial charge in [0.2, 0.25) is 0 Å². The molecule has 0 amide bonds. The molecule has 17 heavy (non-hydrogen) atoms. The molecule has 7 nitrogen and oxygen atoms in total. The van der Waals surface area contributed by atoms with Crippen LogP contribution in [-0.4, -0.2) is 69.6 Å². The Balaban J connectivity index is 4.23. The second-order valence-electron chi connectivity index (χ2n) is 3.26. The van der Waals surface area contributed by atoms with Crippen molar-refractivity contribution in [3.05, 3.63) is 0 Å². The number of ether oxygens (including phenoxy) is 1. The molecule has 0 aromatic rings. The molecule has 0 fully saturated rings. The summed E-state index contributed by atoms with van der Waals surface area (Å²) in [6.45, 7) is -0.0432. The molecule has 0 bridgehead atoms. The summed E-state index contributed by atoms with van der Waals surface area (Å²) in [5, 5.41) is 36.6. The zero-order valence-corrected chi connectivity index (χ0v) is 9.66. The van der Waals surface area contributed by atoms with Crippen molar-refractivity contribution in [2.75, 3.05) is 12.5 Å². The molecule has 100 valence electrons. The van der Waals surface area contributed by atoms with E-state index in [0.29, 0.717) is 6.42 Å². The van der Waals surface area contributed by atoms with Gasteiger partial charge in [-0.2, -0.15) is 0 Å². The second kappa shape index (κ2) is 8.37. The van der Waals surface area contributed by atoms with Crippen molar-refractivity contribution >= 4 is 23.9 Å². The quantitative estimate of drug-likeness (QED) is 0.171. The third-order valence-electron chi connectivity index (χ3n) is 1.93. The molecule has 0 spiro atoms. The lowest BCUT2D eigenvalue weighted by Crippen LogP contribution is -2.48. The highest BCUT2D eigenvalue weighted by Crippen LogP contribution is 2.06. The van der Waals surface area contributed by atoms with Crippen molar-refractivity contribution in [1.29, 1.82) is 0 Å². The highest BCUT2D eigenvalue weighted by Gasteiger charge is 2.35. The normalized spacial score (nSPS) is 17.9. The summed E-state index contributed by atoms with van der Waals surface area (Å²) in [5.74, 6) is -0.905. The van der Waals surface area contributed by atoms with Crippen molar-refractivity contribution in [2.45, 2.75) is 30.8 Å². The molecule has 0 heterocycles. The number of aliphatic hydroxyl groups excluding tert-OH is 4. The van der Waals surface area contributed by atoms with Crippen LogP contribution in [0.2, 0.25) is 0 Å². The van der Waals surface area contributed by atoms with Gasteiger partial charge in [-0.3, -0.25) is 0 Å². The number of rotatable bonds is 8. The molecule has 0 rings (SSSR count). The van der Waals surface area contributed by atoms with E-state index in [4.69, 9.17) is 21.8 Å². The van der Waals surface area contributed by atoms with Gasteiger partial charge in [0.25, 0.3) is 0 Å². The topological polar surface area (TPSA) is 124 Å². The number of esters is 1. The lowest BCUT2D eigenvalue weighted by molar-refractivity contribution is -0.169. The van der Waals surface area contributed by atoms with Gasteiger partial charge in [0.15, 0.2) is 12.4 Å². The van der Waals surface area contributed by atoms with Crippen molar-refractivity contribution in [1.82, 2.24) is 0 Å². The molecule has 0 aliphatic carbocycles. The van der Waals surface area contributed by atoms with Gasteiger partial charge in [-0.1, -0.05) is 0 Å². The summed E-state index contributed by atoms with van der Waals surface area (Å²) in [7, 11) is 0. The molecule has 4 unspecified atom stereocenters. The third-order valence-corrected chi connectivity index (χ3v) is 2.19. The van der Waals surface area contributed by atoms with Crippen LogP contribution in [0.1, 0.15) is 6.42 Å². The van der Waals surface area contributed by atoms with Gasteiger partial charge < -0.3 is 30.0 Å². The Morgan fingerprint density at radius 2 is 1.82 bits per heavy atom. The summed E-state index contributed by atoms with van der Waals surface area (Å²) in [6.07, 6.45) is -7.58. The maximum absolute atomic E-state index is 11.1. The van der Waals surface area contributed by atoms with E-state index in [0.717, 1.165) is 0 Å². The number of carbonyl (C=O) groups is 2. The number of carbonyl (C=O) groups excluding carboxylic acids is 2. The molecule has 0 aliphatic rings. The van der Waals surface area contributed by atoms with Crippen LogP contribution in [0, 0.1) is 0 Å². The minimum absolute atomic E-state index is 0.0283. The average molecular weight is 271 g/mol. The summed E-state index contributed by atoms with van der Waals surface area (Å²) in [4.78, 5) is 21.2. The fourth-order valence-electron chi connectivity index (χ4n) is 0.921. The molecule has 0 radical (unpaired) electrons. The number of halogens is 1. The largest absolute Gasteiger partial charge is 0.464 e. The van der Waals surface area contributed by atoms with E-state index in [2.05, 4.69) is 4.74 Å². The van der Waals surface area contributed by atoms with Gasteiger partial charge >= 0.3 is 5.97 Å². The van der Waals surface area contributed by atoms with Gasteiger partial charge in [-0.15, -0.1) is 11.6 Å². The number of hydrogen-bond acceptors (Lipinski definition) is 7. The molecular weight excluding hydrogens is 256 g/mol. The van der Waals surface area contributed by atoms with Crippen LogP contribution in [0.4, 0.5) is 0 Å². The number of aldehydes is 1. The van der Waals surface area contributed by atoms with E-state index in [9.17, 15) is 19.8 Å². The summed E-state index contributed by atoms with van der Waals surface area (Å²) in [5.41, 5.74) is 0. The predicted octanol–water partition coefficient (Wildman–Crippen LogP) is -2.20. The van der Waals surface area contributed by atoms with E-state index >= 15 is 0 Å². The van der Waals surface area contributed by atoms with Crippen LogP contribution in [0.15, 0.2) is 0 Å². The summed E-state index contributed by atoms with van der Waals surface area (Å²) >= 11 is 5.32. The fourth-order valence-corrected chi connectivity index (χ4v) is 1.03. The monoisotopic (exact) mass is 270 g/mol. The Kier molecular flexibility index (Phi) is 8.01. The Hall–Kier alpha value is -0.730. The molecule has 0 saturated carbocycles. The van der Waals surface area contributed by atoms with E-state index in [1.807, 2.05) is 0 Å². The van der Waals surface area contributed by atoms with Crippen LogP contribution < -0.4 is 0 Å². The van der Waals surface area contributed by atoms with Crippen molar-refractivity contribution < 1.29 is 34.8 Å². The standard InChI is InChI=1S/C9H15ClO7/c10-2-1-3-17-9(16)8(15)7(14)6(13)5(12)4-11/h4-8,12-15H,1-3H2. The smallest absolute Gasteiger partial charge is 0.337 e. The van der Waals surface area contributed by atoms with Crippen LogP contribution in [0.5, 0.6) is 0 Å². The fraction of sp³-hybridized carbons (Fsp3) is 0.778. The molecule has 0 aliphatic heterocycles. The predicted molar refractivity (Wildman–Crippen MR) is 56.4 cm³/mol. The van der Waals surface area contributed by atoms with E-state index in [1.165, 1.54) is 0 Å². The maximum Gasteiger partial charge on any atom is 0.337 e. The lowest BCUT2D eigenvalue weighted by Gasteiger charge is -2.22. The molecule has 0 aromatic carbocycles. The first-order valence-electron chi connectivity index (χ1n) is 4.85. The highest BCUT2D eigenvalue weighted by atomic mass is 35.5. The first-order chi connectivity index (χ1) is 7.95. The third kappa shape index (κ3) is 5.42. The van der Waals surface area contributed by atoms with Gasteiger partial charge in [0.05, 0.1) is 6.61 Å². The molecule has 8 heteroatoms. The molecule has 4 atom stereocenters. The first kappa shape index (κ1) is 16.3. The first-order valence-corrected chi connectivity index (χ1v) is 5.39. The number of alkyl halides is 1. The van der Waals surface area contributed by atoms with E-state index < -0.39 is 30.4 Å². The Labute approximate surface area is 103 Å².